The minimum Gasteiger partial charge on any atom is -0.340 e. The van der Waals surface area contributed by atoms with Crippen LogP contribution in [0.2, 0.25) is 15.1 Å². The van der Waals surface area contributed by atoms with Crippen LogP contribution >= 0.6 is 34.8 Å². The Hall–Kier alpha value is -3.32. The van der Waals surface area contributed by atoms with Gasteiger partial charge in [0.25, 0.3) is 11.8 Å². The Balaban J connectivity index is 1.54. The number of nitrogens with zero attached hydrogens (tertiary/aromatic N) is 2. The Labute approximate surface area is 236 Å². The number of fused-ring (bicyclic) bond motifs is 1. The van der Waals surface area contributed by atoms with E-state index in [-0.39, 0.29) is 11.8 Å². The molecule has 0 saturated carbocycles. The van der Waals surface area contributed by atoms with E-state index < -0.39 is 11.9 Å². The Bertz CT molecular complexity index is 1510. The van der Waals surface area contributed by atoms with Crippen molar-refractivity contribution >= 4 is 63.7 Å². The number of hydrogen-bond acceptors (Lipinski definition) is 3. The van der Waals surface area contributed by atoms with Crippen molar-refractivity contribution in [3.05, 3.63) is 104 Å². The molecule has 0 saturated heterocycles. The number of rotatable bonds is 8. The molecule has 4 rings (SSSR count). The van der Waals surface area contributed by atoms with E-state index in [0.29, 0.717) is 27.2 Å². The summed E-state index contributed by atoms with van der Waals surface area (Å²) in [6, 6.07) is 19.1. The van der Waals surface area contributed by atoms with Gasteiger partial charge in [0.05, 0.1) is 6.21 Å². The lowest BCUT2D eigenvalue weighted by Crippen LogP contribution is -2.48. The third-order valence-electron chi connectivity index (χ3n) is 6.33. The largest absolute Gasteiger partial charge is 0.340 e. The topological polar surface area (TPSA) is 75.5 Å². The molecule has 0 aliphatic carbocycles. The summed E-state index contributed by atoms with van der Waals surface area (Å²) in [4.78, 5) is 25.6. The number of amides is 2. The van der Waals surface area contributed by atoms with Crippen molar-refractivity contribution in [1.29, 1.82) is 0 Å². The van der Waals surface area contributed by atoms with Crippen LogP contribution in [-0.4, -0.2) is 28.6 Å². The molecule has 38 heavy (non-hydrogen) atoms. The zero-order valence-corrected chi connectivity index (χ0v) is 23.4. The molecule has 0 radical (unpaired) electrons. The molecule has 0 spiro atoms. The molecule has 1 atom stereocenters. The predicted molar refractivity (Wildman–Crippen MR) is 156 cm³/mol. The summed E-state index contributed by atoms with van der Waals surface area (Å²) < 4.78 is 2.15. The van der Waals surface area contributed by atoms with Crippen molar-refractivity contribution in [1.82, 2.24) is 15.3 Å². The van der Waals surface area contributed by atoms with Gasteiger partial charge in [-0.1, -0.05) is 72.9 Å². The highest BCUT2D eigenvalue weighted by Gasteiger charge is 2.24. The standard InChI is InChI=1S/C29H27Cl3N4O2/c1-17(2)27(34-28(37)19-8-11-21(30)12-9-19)29(38)35-33-15-24-18(3)36(26-7-5-4-6-23(24)26)16-20-10-13-22(31)14-25(20)32/h4-15,17,27H,16H2,1-3H3,(H,34,37)(H,35,38)/b33-15-. The number of halogens is 3. The first-order valence-electron chi connectivity index (χ1n) is 12.1. The van der Waals surface area contributed by atoms with Gasteiger partial charge in [-0.25, -0.2) is 5.43 Å². The lowest BCUT2D eigenvalue weighted by atomic mass is 10.0. The molecule has 2 N–H and O–H groups in total. The second-order valence-corrected chi connectivity index (χ2v) is 10.6. The van der Waals surface area contributed by atoms with Crippen LogP contribution < -0.4 is 10.7 Å². The summed E-state index contributed by atoms with van der Waals surface area (Å²) in [6.45, 7) is 6.26. The highest BCUT2D eigenvalue weighted by molar-refractivity contribution is 6.35. The molecule has 9 heteroatoms. The lowest BCUT2D eigenvalue weighted by molar-refractivity contribution is -0.123. The van der Waals surface area contributed by atoms with Crippen LogP contribution in [0, 0.1) is 12.8 Å². The summed E-state index contributed by atoms with van der Waals surface area (Å²) in [7, 11) is 0. The van der Waals surface area contributed by atoms with Gasteiger partial charge < -0.3 is 9.88 Å². The molecule has 196 valence electrons. The average molecular weight is 570 g/mol. The number of aromatic nitrogens is 1. The molecule has 0 fully saturated rings. The smallest absolute Gasteiger partial charge is 0.262 e. The molecular formula is C29H27Cl3N4O2. The van der Waals surface area contributed by atoms with Gasteiger partial charge in [0, 0.05) is 49.3 Å². The zero-order valence-electron chi connectivity index (χ0n) is 21.1. The third kappa shape index (κ3) is 6.21. The highest BCUT2D eigenvalue weighted by atomic mass is 35.5. The van der Waals surface area contributed by atoms with Crippen LogP contribution in [-0.2, 0) is 11.3 Å². The van der Waals surface area contributed by atoms with Crippen molar-refractivity contribution in [2.24, 2.45) is 11.0 Å². The van der Waals surface area contributed by atoms with Crippen molar-refractivity contribution in [2.75, 3.05) is 0 Å². The van der Waals surface area contributed by atoms with Crippen LogP contribution in [0.25, 0.3) is 10.9 Å². The van der Waals surface area contributed by atoms with Gasteiger partial charge in [0.2, 0.25) is 0 Å². The van der Waals surface area contributed by atoms with Gasteiger partial charge in [0.15, 0.2) is 0 Å². The fraction of sp³-hybridized carbons (Fsp3) is 0.207. The first-order valence-corrected chi connectivity index (χ1v) is 13.2. The maximum atomic E-state index is 13.0. The SMILES string of the molecule is Cc1c(/C=N\NC(=O)C(NC(=O)c2ccc(Cl)cc2)C(C)C)c2ccccc2n1Cc1ccc(Cl)cc1Cl. The predicted octanol–water partition coefficient (Wildman–Crippen LogP) is 6.86. The summed E-state index contributed by atoms with van der Waals surface area (Å²) in [5.41, 5.74) is 6.80. The molecule has 1 heterocycles. The Kier molecular flexibility index (Phi) is 8.77. The van der Waals surface area contributed by atoms with Gasteiger partial charge in [-0.05, 0) is 60.9 Å². The third-order valence-corrected chi connectivity index (χ3v) is 7.17. The number of carbonyl (C=O) groups is 2. The van der Waals surface area contributed by atoms with Crippen molar-refractivity contribution in [2.45, 2.75) is 33.4 Å². The van der Waals surface area contributed by atoms with Crippen LogP contribution in [0.4, 0.5) is 0 Å². The quantitative estimate of drug-likeness (QED) is 0.180. The van der Waals surface area contributed by atoms with E-state index >= 15 is 0 Å². The van der Waals surface area contributed by atoms with E-state index in [1.54, 1.807) is 36.5 Å². The summed E-state index contributed by atoms with van der Waals surface area (Å²) >= 11 is 18.4. The normalized spacial score (nSPS) is 12.3. The van der Waals surface area contributed by atoms with E-state index in [1.165, 1.54) is 0 Å². The molecule has 6 nitrogen and oxygen atoms in total. The van der Waals surface area contributed by atoms with Gasteiger partial charge in [-0.15, -0.1) is 0 Å². The van der Waals surface area contributed by atoms with Gasteiger partial charge in [0.1, 0.15) is 6.04 Å². The molecule has 1 unspecified atom stereocenters. The van der Waals surface area contributed by atoms with Crippen molar-refractivity contribution in [3.63, 3.8) is 0 Å². The average Bonchev–Trinajstić information content (AvgIpc) is 3.14. The molecule has 4 aromatic rings. The number of nitrogens with one attached hydrogen (secondary N) is 2. The van der Waals surface area contributed by atoms with Crippen molar-refractivity contribution < 1.29 is 9.59 Å². The summed E-state index contributed by atoms with van der Waals surface area (Å²) in [6.07, 6.45) is 1.63. The van der Waals surface area contributed by atoms with E-state index in [4.69, 9.17) is 34.8 Å². The van der Waals surface area contributed by atoms with Crippen LogP contribution in [0.5, 0.6) is 0 Å². The minimum atomic E-state index is -0.773. The van der Waals surface area contributed by atoms with E-state index in [9.17, 15) is 9.59 Å². The van der Waals surface area contributed by atoms with Crippen LogP contribution in [0.1, 0.15) is 41.0 Å². The molecule has 0 aliphatic rings. The number of benzene rings is 3. The first-order chi connectivity index (χ1) is 18.2. The molecule has 0 aliphatic heterocycles. The molecule has 1 aromatic heterocycles. The minimum absolute atomic E-state index is 0.158. The monoisotopic (exact) mass is 568 g/mol. The maximum absolute atomic E-state index is 13.0. The molecule has 0 bridgehead atoms. The fourth-order valence-electron chi connectivity index (χ4n) is 4.24. The van der Waals surface area contributed by atoms with Crippen molar-refractivity contribution in [3.8, 4) is 0 Å². The highest BCUT2D eigenvalue weighted by Crippen LogP contribution is 2.28. The van der Waals surface area contributed by atoms with Gasteiger partial charge in [-0.2, -0.15) is 5.10 Å². The second kappa shape index (κ2) is 12.0. The van der Waals surface area contributed by atoms with Crippen LogP contribution in [0.15, 0.2) is 71.8 Å². The Morgan fingerprint density at radius 2 is 1.66 bits per heavy atom. The Morgan fingerprint density at radius 1 is 0.974 bits per heavy atom. The Morgan fingerprint density at radius 3 is 2.34 bits per heavy atom. The lowest BCUT2D eigenvalue weighted by Gasteiger charge is -2.20. The fourth-order valence-corrected chi connectivity index (χ4v) is 4.83. The summed E-state index contributed by atoms with van der Waals surface area (Å²) in [5, 5.41) is 9.73. The molecule has 2 amide bonds. The number of hydrogen-bond donors (Lipinski definition) is 2. The van der Waals surface area contributed by atoms with Gasteiger partial charge >= 0.3 is 0 Å². The first kappa shape index (κ1) is 27.7. The van der Waals surface area contributed by atoms with E-state index in [1.807, 2.05) is 57.2 Å². The number of hydrazone groups is 1. The maximum Gasteiger partial charge on any atom is 0.262 e. The van der Waals surface area contributed by atoms with Crippen LogP contribution in [0.3, 0.4) is 0 Å². The van der Waals surface area contributed by atoms with Gasteiger partial charge in [-0.3, -0.25) is 9.59 Å². The second-order valence-electron chi connectivity index (χ2n) is 9.27. The molecular weight excluding hydrogens is 543 g/mol. The summed E-state index contributed by atoms with van der Waals surface area (Å²) in [5.74, 6) is -0.929. The van der Waals surface area contributed by atoms with E-state index in [2.05, 4.69) is 20.4 Å². The zero-order chi connectivity index (χ0) is 27.4. The van der Waals surface area contributed by atoms with E-state index in [0.717, 1.165) is 27.7 Å². The molecule has 3 aromatic carbocycles. The number of para-hydroxylation sites is 1. The number of carbonyl (C=O) groups excluding carboxylic acids is 2.